The van der Waals surface area contributed by atoms with E-state index in [1.165, 1.54) is 6.07 Å². The van der Waals surface area contributed by atoms with Crippen LogP contribution in [0.3, 0.4) is 0 Å². The molecular formula is C14H14BrFN2O. The van der Waals surface area contributed by atoms with Crippen molar-refractivity contribution in [2.24, 2.45) is 0 Å². The number of fused-ring (bicyclic) bond motifs is 1. The van der Waals surface area contributed by atoms with E-state index in [-0.39, 0.29) is 12.4 Å². The van der Waals surface area contributed by atoms with E-state index in [2.05, 4.69) is 20.9 Å². The molecule has 0 spiro atoms. The molecule has 3 rings (SSSR count). The smallest absolute Gasteiger partial charge is 0.143 e. The van der Waals surface area contributed by atoms with E-state index in [4.69, 9.17) is 0 Å². The van der Waals surface area contributed by atoms with Crippen LogP contribution < -0.4 is 0 Å². The van der Waals surface area contributed by atoms with Gasteiger partial charge in [0.25, 0.3) is 0 Å². The van der Waals surface area contributed by atoms with Crippen LogP contribution in [0.15, 0.2) is 22.7 Å². The van der Waals surface area contributed by atoms with Gasteiger partial charge in [-0.15, -0.1) is 0 Å². The zero-order chi connectivity index (χ0) is 13.4. The van der Waals surface area contributed by atoms with E-state index in [9.17, 15) is 9.50 Å². The first-order valence-electron chi connectivity index (χ1n) is 6.35. The molecule has 1 aliphatic rings. The fourth-order valence-electron chi connectivity index (χ4n) is 2.62. The summed E-state index contributed by atoms with van der Waals surface area (Å²) >= 11 is 3.36. The van der Waals surface area contributed by atoms with Crippen molar-refractivity contribution in [2.45, 2.75) is 32.4 Å². The van der Waals surface area contributed by atoms with Crippen molar-refractivity contribution in [1.29, 1.82) is 0 Å². The molecule has 0 radical (unpaired) electrons. The molecule has 19 heavy (non-hydrogen) atoms. The van der Waals surface area contributed by atoms with Crippen LogP contribution in [0.4, 0.5) is 4.39 Å². The summed E-state index contributed by atoms with van der Waals surface area (Å²) in [7, 11) is 0. The molecule has 2 aromatic rings. The van der Waals surface area contributed by atoms with Crippen LogP contribution >= 0.6 is 15.9 Å². The maximum Gasteiger partial charge on any atom is 0.143 e. The van der Waals surface area contributed by atoms with Crippen molar-refractivity contribution in [3.8, 4) is 11.4 Å². The topological polar surface area (TPSA) is 38.1 Å². The van der Waals surface area contributed by atoms with E-state index < -0.39 is 0 Å². The maximum atomic E-state index is 14.0. The Kier molecular flexibility index (Phi) is 3.41. The van der Waals surface area contributed by atoms with Crippen molar-refractivity contribution in [1.82, 2.24) is 9.55 Å². The zero-order valence-electron chi connectivity index (χ0n) is 10.4. The molecule has 3 nitrogen and oxygen atoms in total. The van der Waals surface area contributed by atoms with Crippen LogP contribution in [0.2, 0.25) is 0 Å². The number of nitrogens with zero attached hydrogens (tertiary/aromatic N) is 2. The summed E-state index contributed by atoms with van der Waals surface area (Å²) in [5, 5.41) is 9.40. The summed E-state index contributed by atoms with van der Waals surface area (Å²) in [4.78, 5) is 4.43. The lowest BCUT2D eigenvalue weighted by Gasteiger charge is -2.17. The highest BCUT2D eigenvalue weighted by molar-refractivity contribution is 9.10. The highest BCUT2D eigenvalue weighted by Gasteiger charge is 2.22. The van der Waals surface area contributed by atoms with Crippen LogP contribution in [0.5, 0.6) is 0 Å². The third-order valence-electron chi connectivity index (χ3n) is 3.52. The number of aliphatic hydroxyl groups is 1. The first kappa shape index (κ1) is 12.8. The van der Waals surface area contributed by atoms with Crippen molar-refractivity contribution >= 4 is 15.9 Å². The van der Waals surface area contributed by atoms with Gasteiger partial charge in [0.05, 0.1) is 17.9 Å². The Morgan fingerprint density at radius 3 is 3.00 bits per heavy atom. The summed E-state index contributed by atoms with van der Waals surface area (Å²) in [6.07, 6.45) is 3.06. The molecule has 2 heterocycles. The molecule has 0 saturated heterocycles. The highest BCUT2D eigenvalue weighted by atomic mass is 79.9. The highest BCUT2D eigenvalue weighted by Crippen LogP contribution is 2.30. The Hall–Kier alpha value is -1.20. The van der Waals surface area contributed by atoms with Gasteiger partial charge in [-0.05, 0) is 37.5 Å². The van der Waals surface area contributed by atoms with E-state index in [1.54, 1.807) is 12.1 Å². The fraction of sp³-hybridized carbons (Fsp3) is 0.357. The van der Waals surface area contributed by atoms with Crippen molar-refractivity contribution in [3.05, 3.63) is 39.9 Å². The lowest BCUT2D eigenvalue weighted by atomic mass is 10.1. The second-order valence-electron chi connectivity index (χ2n) is 4.72. The molecule has 100 valence electrons. The quantitative estimate of drug-likeness (QED) is 0.920. The van der Waals surface area contributed by atoms with Crippen LogP contribution in [-0.2, 0) is 19.6 Å². The average Bonchev–Trinajstić information content (AvgIpc) is 2.80. The van der Waals surface area contributed by atoms with Gasteiger partial charge in [-0.3, -0.25) is 0 Å². The molecule has 0 amide bonds. The second kappa shape index (κ2) is 5.06. The average molecular weight is 325 g/mol. The van der Waals surface area contributed by atoms with Crippen LogP contribution in [0.1, 0.15) is 24.2 Å². The number of imidazole rings is 1. The Morgan fingerprint density at radius 1 is 1.37 bits per heavy atom. The summed E-state index contributed by atoms with van der Waals surface area (Å²) in [5.74, 6) is 0.337. The van der Waals surface area contributed by atoms with Crippen molar-refractivity contribution in [3.63, 3.8) is 0 Å². The predicted molar refractivity (Wildman–Crippen MR) is 74.2 cm³/mol. The van der Waals surface area contributed by atoms with E-state index in [0.29, 0.717) is 17.1 Å². The molecule has 1 aliphatic heterocycles. The summed E-state index contributed by atoms with van der Waals surface area (Å²) in [6.45, 7) is 0.745. The van der Waals surface area contributed by atoms with Gasteiger partial charge >= 0.3 is 0 Å². The maximum absolute atomic E-state index is 14.0. The van der Waals surface area contributed by atoms with E-state index >= 15 is 0 Å². The first-order chi connectivity index (χ1) is 9.20. The molecule has 1 aromatic heterocycles. The molecule has 0 unspecified atom stereocenters. The zero-order valence-corrected chi connectivity index (χ0v) is 12.0. The van der Waals surface area contributed by atoms with Gasteiger partial charge in [-0.25, -0.2) is 9.37 Å². The Bertz CT molecular complexity index is 624. The molecule has 0 bridgehead atoms. The van der Waals surface area contributed by atoms with Crippen molar-refractivity contribution < 1.29 is 9.50 Å². The second-order valence-corrected chi connectivity index (χ2v) is 5.64. The summed E-state index contributed by atoms with van der Waals surface area (Å²) in [5.41, 5.74) is 2.20. The van der Waals surface area contributed by atoms with Crippen molar-refractivity contribution in [2.75, 3.05) is 0 Å². The van der Waals surface area contributed by atoms with Crippen LogP contribution in [0, 0.1) is 5.82 Å². The molecule has 1 N–H and O–H groups in total. The molecule has 0 atom stereocenters. The van der Waals surface area contributed by atoms with Crippen LogP contribution in [-0.4, -0.2) is 14.7 Å². The minimum atomic E-state index is -0.286. The van der Waals surface area contributed by atoms with Gasteiger partial charge in [0.1, 0.15) is 11.6 Å². The molecule has 0 aliphatic carbocycles. The van der Waals surface area contributed by atoms with Gasteiger partial charge in [0.15, 0.2) is 0 Å². The summed E-state index contributed by atoms with van der Waals surface area (Å²) in [6, 6.07) is 4.84. The normalized spacial score (nSPS) is 14.5. The number of benzene rings is 1. The molecule has 1 aromatic carbocycles. The fourth-order valence-corrected chi connectivity index (χ4v) is 2.98. The SMILES string of the molecule is OCc1nc(-c2cc(Br)ccc2F)n2c1CCCC2. The number of aliphatic hydroxyl groups excluding tert-OH is 1. The molecule has 0 saturated carbocycles. The molecular weight excluding hydrogens is 311 g/mol. The lowest BCUT2D eigenvalue weighted by Crippen LogP contribution is -2.12. The first-order valence-corrected chi connectivity index (χ1v) is 7.14. The van der Waals surface area contributed by atoms with E-state index in [0.717, 1.165) is 36.0 Å². The van der Waals surface area contributed by atoms with Crippen LogP contribution in [0.25, 0.3) is 11.4 Å². The number of rotatable bonds is 2. The third-order valence-corrected chi connectivity index (χ3v) is 4.01. The number of halogens is 2. The number of hydrogen-bond acceptors (Lipinski definition) is 2. The lowest BCUT2D eigenvalue weighted by molar-refractivity contribution is 0.275. The Labute approximate surface area is 119 Å². The predicted octanol–water partition coefficient (Wildman–Crippen LogP) is 3.28. The number of aromatic nitrogens is 2. The van der Waals surface area contributed by atoms with Gasteiger partial charge in [0.2, 0.25) is 0 Å². The minimum absolute atomic E-state index is 0.0923. The molecule has 0 fully saturated rings. The van der Waals surface area contributed by atoms with Gasteiger partial charge in [-0.1, -0.05) is 15.9 Å². The van der Waals surface area contributed by atoms with E-state index in [1.807, 2.05) is 4.57 Å². The van der Waals surface area contributed by atoms with Gasteiger partial charge in [-0.2, -0.15) is 0 Å². The summed E-state index contributed by atoms with van der Waals surface area (Å²) < 4.78 is 16.9. The largest absolute Gasteiger partial charge is 0.390 e. The third kappa shape index (κ3) is 2.21. The standard InChI is InChI=1S/C14H14BrFN2O/c15-9-4-5-11(16)10(7-9)14-17-12(8-19)13-3-1-2-6-18(13)14/h4-5,7,19H,1-3,6,8H2. The minimum Gasteiger partial charge on any atom is -0.390 e. The molecule has 5 heteroatoms. The monoisotopic (exact) mass is 324 g/mol. The van der Waals surface area contributed by atoms with Gasteiger partial charge in [0, 0.05) is 16.7 Å². The van der Waals surface area contributed by atoms with Gasteiger partial charge < -0.3 is 9.67 Å². The number of hydrogen-bond donors (Lipinski definition) is 1. The Balaban J connectivity index is 2.19. The Morgan fingerprint density at radius 2 is 2.21 bits per heavy atom.